The molecule has 7 heteroatoms. The fraction of sp³-hybridized carbons (Fsp3) is 0.188. The first-order valence-corrected chi connectivity index (χ1v) is 9.51. The molecule has 0 bridgehead atoms. The molecule has 1 N–H and O–H groups in total. The standard InChI is InChI=1S/C16H16N2O3S2/c1-21-13-7-8-14-15(11-13)22-16(17-14)18-23(19,20)10-9-12-5-3-2-4-6-12/h2-8,11H,9-10H2,1H3,(H,17,18). The zero-order valence-electron chi connectivity index (χ0n) is 12.5. The third-order valence-electron chi connectivity index (χ3n) is 3.34. The molecule has 0 saturated carbocycles. The van der Waals surface area contributed by atoms with E-state index >= 15 is 0 Å². The molecular weight excluding hydrogens is 332 g/mol. The van der Waals surface area contributed by atoms with Gasteiger partial charge in [0.05, 0.1) is 23.1 Å². The molecule has 0 aliphatic heterocycles. The van der Waals surface area contributed by atoms with E-state index < -0.39 is 10.0 Å². The summed E-state index contributed by atoms with van der Waals surface area (Å²) in [6, 6.07) is 15.0. The van der Waals surface area contributed by atoms with Crippen LogP contribution in [0.1, 0.15) is 5.56 Å². The van der Waals surface area contributed by atoms with E-state index in [1.165, 1.54) is 11.3 Å². The van der Waals surface area contributed by atoms with E-state index in [-0.39, 0.29) is 5.75 Å². The number of anilines is 1. The van der Waals surface area contributed by atoms with Crippen LogP contribution in [0.3, 0.4) is 0 Å². The molecular formula is C16H16N2O3S2. The van der Waals surface area contributed by atoms with Gasteiger partial charge in [-0.2, -0.15) is 0 Å². The number of nitrogens with one attached hydrogen (secondary N) is 1. The van der Waals surface area contributed by atoms with Crippen LogP contribution in [0.25, 0.3) is 10.2 Å². The molecule has 3 aromatic rings. The van der Waals surface area contributed by atoms with Gasteiger partial charge in [-0.05, 0) is 30.2 Å². The summed E-state index contributed by atoms with van der Waals surface area (Å²) in [5.41, 5.74) is 1.74. The molecule has 0 atom stereocenters. The van der Waals surface area contributed by atoms with Crippen molar-refractivity contribution in [2.75, 3.05) is 17.6 Å². The third-order valence-corrected chi connectivity index (χ3v) is 5.65. The molecule has 3 rings (SSSR count). The number of thiazole rings is 1. The van der Waals surface area contributed by atoms with Gasteiger partial charge in [0.1, 0.15) is 5.75 Å². The number of ether oxygens (including phenoxy) is 1. The molecule has 23 heavy (non-hydrogen) atoms. The predicted molar refractivity (Wildman–Crippen MR) is 93.7 cm³/mol. The fourth-order valence-electron chi connectivity index (χ4n) is 2.16. The second-order valence-electron chi connectivity index (χ2n) is 5.01. The van der Waals surface area contributed by atoms with Gasteiger partial charge in [-0.3, -0.25) is 4.72 Å². The second kappa shape index (κ2) is 6.55. The number of nitrogens with zero attached hydrogens (tertiary/aromatic N) is 1. The quantitative estimate of drug-likeness (QED) is 0.742. The maximum Gasteiger partial charge on any atom is 0.234 e. The highest BCUT2D eigenvalue weighted by Crippen LogP contribution is 2.29. The van der Waals surface area contributed by atoms with Gasteiger partial charge >= 0.3 is 0 Å². The van der Waals surface area contributed by atoms with Gasteiger partial charge in [0.2, 0.25) is 10.0 Å². The highest BCUT2D eigenvalue weighted by atomic mass is 32.2. The second-order valence-corrected chi connectivity index (χ2v) is 7.88. The number of hydrogen-bond acceptors (Lipinski definition) is 5. The van der Waals surface area contributed by atoms with Crippen LogP contribution in [0.15, 0.2) is 48.5 Å². The first-order chi connectivity index (χ1) is 11.1. The van der Waals surface area contributed by atoms with E-state index in [2.05, 4.69) is 9.71 Å². The van der Waals surface area contributed by atoms with E-state index in [9.17, 15) is 8.42 Å². The summed E-state index contributed by atoms with van der Waals surface area (Å²) < 4.78 is 33.0. The van der Waals surface area contributed by atoms with E-state index in [1.807, 2.05) is 42.5 Å². The molecule has 1 aromatic heterocycles. The van der Waals surface area contributed by atoms with E-state index in [4.69, 9.17) is 4.74 Å². The highest BCUT2D eigenvalue weighted by molar-refractivity contribution is 7.92. The Bertz CT molecular complexity index is 905. The zero-order valence-corrected chi connectivity index (χ0v) is 14.2. The van der Waals surface area contributed by atoms with Crippen LogP contribution < -0.4 is 9.46 Å². The Balaban J connectivity index is 1.72. The summed E-state index contributed by atoms with van der Waals surface area (Å²) in [6.45, 7) is 0. The minimum Gasteiger partial charge on any atom is -0.497 e. The van der Waals surface area contributed by atoms with Gasteiger partial charge in [-0.25, -0.2) is 13.4 Å². The summed E-state index contributed by atoms with van der Waals surface area (Å²) in [7, 11) is -1.84. The minimum absolute atomic E-state index is 0.0241. The number of fused-ring (bicyclic) bond motifs is 1. The molecule has 0 saturated heterocycles. The SMILES string of the molecule is COc1ccc2nc(NS(=O)(=O)CCc3ccccc3)sc2c1. The molecule has 0 amide bonds. The lowest BCUT2D eigenvalue weighted by Gasteiger charge is -2.04. The van der Waals surface area contributed by atoms with Crippen molar-refractivity contribution >= 4 is 36.7 Å². The van der Waals surface area contributed by atoms with Gasteiger partial charge in [0, 0.05) is 0 Å². The minimum atomic E-state index is -3.43. The van der Waals surface area contributed by atoms with Crippen molar-refractivity contribution in [3.8, 4) is 5.75 Å². The smallest absolute Gasteiger partial charge is 0.234 e. The number of benzene rings is 2. The summed E-state index contributed by atoms with van der Waals surface area (Å²) >= 11 is 1.29. The fourth-order valence-corrected chi connectivity index (χ4v) is 4.37. The molecule has 0 spiro atoms. The zero-order chi connectivity index (χ0) is 16.3. The number of rotatable bonds is 6. The van der Waals surface area contributed by atoms with Crippen molar-refractivity contribution in [1.82, 2.24) is 4.98 Å². The maximum absolute atomic E-state index is 12.2. The van der Waals surface area contributed by atoms with Crippen molar-refractivity contribution < 1.29 is 13.2 Å². The summed E-state index contributed by atoms with van der Waals surface area (Å²) in [6.07, 6.45) is 0.467. The Morgan fingerprint density at radius 1 is 1.17 bits per heavy atom. The van der Waals surface area contributed by atoms with Crippen molar-refractivity contribution in [2.24, 2.45) is 0 Å². The lowest BCUT2D eigenvalue weighted by atomic mass is 10.2. The Morgan fingerprint density at radius 3 is 2.70 bits per heavy atom. The van der Waals surface area contributed by atoms with Crippen LogP contribution in [0, 0.1) is 0 Å². The average Bonchev–Trinajstić information content (AvgIpc) is 2.94. The Labute approximate surface area is 139 Å². The first kappa shape index (κ1) is 15.8. The van der Waals surface area contributed by atoms with E-state index in [1.54, 1.807) is 13.2 Å². The lowest BCUT2D eigenvalue weighted by Crippen LogP contribution is -2.18. The van der Waals surface area contributed by atoms with Crippen LogP contribution in [-0.2, 0) is 16.4 Å². The van der Waals surface area contributed by atoms with E-state index in [0.29, 0.717) is 11.6 Å². The average molecular weight is 348 g/mol. The van der Waals surface area contributed by atoms with Crippen LogP contribution in [0.5, 0.6) is 5.75 Å². The summed E-state index contributed by atoms with van der Waals surface area (Å²) in [4.78, 5) is 4.30. The molecule has 1 heterocycles. The predicted octanol–water partition coefficient (Wildman–Crippen LogP) is 3.29. The topological polar surface area (TPSA) is 68.3 Å². The van der Waals surface area contributed by atoms with Crippen LogP contribution in [-0.4, -0.2) is 26.3 Å². The van der Waals surface area contributed by atoms with Crippen LogP contribution in [0.4, 0.5) is 5.13 Å². The largest absolute Gasteiger partial charge is 0.497 e. The lowest BCUT2D eigenvalue weighted by molar-refractivity contribution is 0.415. The maximum atomic E-state index is 12.2. The van der Waals surface area contributed by atoms with Crippen molar-refractivity contribution in [3.05, 3.63) is 54.1 Å². The molecule has 2 aromatic carbocycles. The van der Waals surface area contributed by atoms with Gasteiger partial charge in [0.25, 0.3) is 0 Å². The van der Waals surface area contributed by atoms with Crippen molar-refractivity contribution in [2.45, 2.75) is 6.42 Å². The number of sulfonamides is 1. The van der Waals surface area contributed by atoms with E-state index in [0.717, 1.165) is 21.5 Å². The molecule has 0 radical (unpaired) electrons. The van der Waals surface area contributed by atoms with Crippen molar-refractivity contribution in [1.29, 1.82) is 0 Å². The Kier molecular flexibility index (Phi) is 4.49. The first-order valence-electron chi connectivity index (χ1n) is 7.05. The Hall–Kier alpha value is -2.12. The molecule has 0 aliphatic rings. The number of aryl methyl sites for hydroxylation is 1. The summed E-state index contributed by atoms with van der Waals surface area (Å²) in [5, 5.41) is 0.376. The monoisotopic (exact) mass is 348 g/mol. The highest BCUT2D eigenvalue weighted by Gasteiger charge is 2.14. The van der Waals surface area contributed by atoms with Gasteiger partial charge in [-0.15, -0.1) is 0 Å². The van der Waals surface area contributed by atoms with Crippen LogP contribution >= 0.6 is 11.3 Å². The molecule has 0 fully saturated rings. The van der Waals surface area contributed by atoms with Gasteiger partial charge in [0.15, 0.2) is 5.13 Å². The molecule has 5 nitrogen and oxygen atoms in total. The van der Waals surface area contributed by atoms with Gasteiger partial charge < -0.3 is 4.74 Å². The van der Waals surface area contributed by atoms with Crippen molar-refractivity contribution in [3.63, 3.8) is 0 Å². The molecule has 120 valence electrons. The normalized spacial score (nSPS) is 11.5. The van der Waals surface area contributed by atoms with Gasteiger partial charge in [-0.1, -0.05) is 41.7 Å². The number of hydrogen-bond donors (Lipinski definition) is 1. The molecule has 0 unspecified atom stereocenters. The number of aromatic nitrogens is 1. The summed E-state index contributed by atoms with van der Waals surface area (Å²) in [5.74, 6) is 0.746. The number of methoxy groups -OCH3 is 1. The Morgan fingerprint density at radius 2 is 1.96 bits per heavy atom. The third kappa shape index (κ3) is 4.00. The molecule has 0 aliphatic carbocycles. The van der Waals surface area contributed by atoms with Crippen LogP contribution in [0.2, 0.25) is 0 Å².